The smallest absolute Gasteiger partial charge is 0.264 e. The van der Waals surface area contributed by atoms with Crippen LogP contribution in [-0.2, 0) is 13.0 Å². The zero-order chi connectivity index (χ0) is 26.3. The zero-order valence-corrected chi connectivity index (χ0v) is 21.9. The molecule has 0 saturated carbocycles. The normalized spacial score (nSPS) is 15.1. The summed E-state index contributed by atoms with van der Waals surface area (Å²) in [6.07, 6.45) is 3.88. The molecule has 9 nitrogen and oxygen atoms in total. The first-order chi connectivity index (χ1) is 17.8. The topological polar surface area (TPSA) is 109 Å². The number of amides is 2. The van der Waals surface area contributed by atoms with Crippen molar-refractivity contribution in [2.45, 2.75) is 45.8 Å². The van der Waals surface area contributed by atoms with Gasteiger partial charge in [0.05, 0.1) is 27.5 Å². The minimum atomic E-state index is -0.198. The Kier molecular flexibility index (Phi) is 6.51. The highest BCUT2D eigenvalue weighted by Gasteiger charge is 2.32. The first kappa shape index (κ1) is 24.6. The molecule has 5 rings (SSSR count). The predicted octanol–water partition coefficient (Wildman–Crippen LogP) is 3.61. The van der Waals surface area contributed by atoms with E-state index < -0.39 is 0 Å². The van der Waals surface area contributed by atoms with E-state index in [1.165, 1.54) is 11.3 Å². The Morgan fingerprint density at radius 3 is 2.59 bits per heavy atom. The predicted molar refractivity (Wildman–Crippen MR) is 145 cm³/mol. The maximum Gasteiger partial charge on any atom is 0.264 e. The van der Waals surface area contributed by atoms with E-state index in [9.17, 15) is 14.4 Å². The Morgan fingerprint density at radius 1 is 1.16 bits per heavy atom. The molecule has 1 aliphatic rings. The van der Waals surface area contributed by atoms with Crippen molar-refractivity contribution in [1.29, 1.82) is 0 Å². The molecule has 1 atom stereocenters. The third-order valence-electron chi connectivity index (χ3n) is 6.44. The van der Waals surface area contributed by atoms with Gasteiger partial charge in [-0.3, -0.25) is 19.4 Å². The Bertz CT molecular complexity index is 1520. The maximum atomic E-state index is 13.8. The van der Waals surface area contributed by atoms with Gasteiger partial charge >= 0.3 is 0 Å². The van der Waals surface area contributed by atoms with Crippen molar-refractivity contribution in [1.82, 2.24) is 24.8 Å². The lowest BCUT2D eigenvalue weighted by atomic mass is 9.99. The summed E-state index contributed by atoms with van der Waals surface area (Å²) in [7, 11) is 1.58. The van der Waals surface area contributed by atoms with Crippen molar-refractivity contribution in [3.8, 4) is 5.69 Å². The van der Waals surface area contributed by atoms with Crippen LogP contribution in [0.3, 0.4) is 0 Å². The van der Waals surface area contributed by atoms with Crippen molar-refractivity contribution in [3.05, 3.63) is 80.8 Å². The summed E-state index contributed by atoms with van der Waals surface area (Å²) in [5, 5.41) is 6.87. The van der Waals surface area contributed by atoms with Gasteiger partial charge in [-0.05, 0) is 69.0 Å². The summed E-state index contributed by atoms with van der Waals surface area (Å²) >= 11 is 1.42. The van der Waals surface area contributed by atoms with Gasteiger partial charge in [0, 0.05) is 42.7 Å². The van der Waals surface area contributed by atoms with Crippen molar-refractivity contribution in [3.63, 3.8) is 0 Å². The lowest BCUT2D eigenvalue weighted by Gasteiger charge is -2.34. The standard InChI is InChI=1S/C27H28N6O3S/c1-15(2)30-27-31-21-14-32(26(36)22-12-18-9-10-29-13-23(18)37-22)16(3)11-20(21)25(35)33(27)19-7-5-17(6-8-19)24(34)28-4/h5-10,12-13,15-16H,11,14H2,1-4H3,(H,28,34)(H,30,31)/t16-/m1/s1. The Balaban J connectivity index is 1.53. The van der Waals surface area contributed by atoms with Gasteiger partial charge < -0.3 is 15.5 Å². The molecule has 0 bridgehead atoms. The van der Waals surface area contributed by atoms with Crippen LogP contribution < -0.4 is 16.2 Å². The fraction of sp³-hybridized carbons (Fsp3) is 0.296. The summed E-state index contributed by atoms with van der Waals surface area (Å²) in [5.41, 5.74) is 2.14. The third kappa shape index (κ3) is 4.60. The van der Waals surface area contributed by atoms with Crippen molar-refractivity contribution in [2.24, 2.45) is 0 Å². The molecular weight excluding hydrogens is 488 g/mol. The molecule has 4 aromatic rings. The molecule has 2 N–H and O–H groups in total. The van der Waals surface area contributed by atoms with Crippen LogP contribution in [-0.4, -0.2) is 50.4 Å². The zero-order valence-electron chi connectivity index (χ0n) is 21.1. The highest BCUT2D eigenvalue weighted by molar-refractivity contribution is 7.20. The van der Waals surface area contributed by atoms with E-state index in [1.807, 2.05) is 32.9 Å². The molecule has 0 saturated heterocycles. The van der Waals surface area contributed by atoms with Gasteiger partial charge in [0.1, 0.15) is 0 Å². The second-order valence-corrected chi connectivity index (χ2v) is 10.5. The largest absolute Gasteiger partial charge is 0.355 e. The van der Waals surface area contributed by atoms with E-state index in [2.05, 4.69) is 15.6 Å². The quantitative estimate of drug-likeness (QED) is 0.420. The van der Waals surface area contributed by atoms with E-state index in [0.717, 1.165) is 10.1 Å². The van der Waals surface area contributed by atoms with Crippen molar-refractivity contribution < 1.29 is 9.59 Å². The summed E-state index contributed by atoms with van der Waals surface area (Å²) in [6.45, 7) is 6.15. The molecule has 0 fully saturated rings. The number of hydrogen-bond donors (Lipinski definition) is 2. The van der Waals surface area contributed by atoms with Gasteiger partial charge in [-0.25, -0.2) is 9.55 Å². The number of thiophene rings is 1. The molecule has 37 heavy (non-hydrogen) atoms. The second-order valence-electron chi connectivity index (χ2n) is 9.44. The number of aromatic nitrogens is 3. The number of pyridine rings is 1. The second kappa shape index (κ2) is 9.78. The van der Waals surface area contributed by atoms with Crippen LogP contribution in [0.2, 0.25) is 0 Å². The van der Waals surface area contributed by atoms with E-state index in [1.54, 1.807) is 53.2 Å². The summed E-state index contributed by atoms with van der Waals surface area (Å²) in [6, 6.07) is 10.5. The molecule has 10 heteroatoms. The van der Waals surface area contributed by atoms with Crippen LogP contribution in [0.25, 0.3) is 15.8 Å². The summed E-state index contributed by atoms with van der Waals surface area (Å²) in [5.74, 6) is 0.131. The Morgan fingerprint density at radius 2 is 1.92 bits per heavy atom. The maximum absolute atomic E-state index is 13.8. The molecule has 4 heterocycles. The molecule has 0 spiro atoms. The number of anilines is 1. The van der Waals surface area contributed by atoms with Gasteiger partial charge in [-0.2, -0.15) is 0 Å². The van der Waals surface area contributed by atoms with E-state index in [-0.39, 0.29) is 36.0 Å². The fourth-order valence-corrected chi connectivity index (χ4v) is 5.55. The highest BCUT2D eigenvalue weighted by atomic mass is 32.1. The monoisotopic (exact) mass is 516 g/mol. The third-order valence-corrected chi connectivity index (χ3v) is 7.51. The highest BCUT2D eigenvalue weighted by Crippen LogP contribution is 2.29. The lowest BCUT2D eigenvalue weighted by molar-refractivity contribution is 0.0658. The van der Waals surface area contributed by atoms with Gasteiger partial charge in [-0.15, -0.1) is 11.3 Å². The van der Waals surface area contributed by atoms with Crippen LogP contribution in [0.5, 0.6) is 0 Å². The number of nitrogens with one attached hydrogen (secondary N) is 2. The van der Waals surface area contributed by atoms with Crippen LogP contribution in [0, 0.1) is 0 Å². The first-order valence-corrected chi connectivity index (χ1v) is 13.0. The number of fused-ring (bicyclic) bond motifs is 2. The van der Waals surface area contributed by atoms with Gasteiger partial charge in [0.25, 0.3) is 17.4 Å². The number of rotatable bonds is 5. The van der Waals surface area contributed by atoms with Crippen molar-refractivity contribution in [2.75, 3.05) is 12.4 Å². The number of carbonyl (C=O) groups is 2. The number of carbonyl (C=O) groups excluding carboxylic acids is 2. The average Bonchev–Trinajstić information content (AvgIpc) is 3.32. The summed E-state index contributed by atoms with van der Waals surface area (Å²) < 4.78 is 2.51. The van der Waals surface area contributed by atoms with E-state index in [4.69, 9.17) is 4.98 Å². The minimum Gasteiger partial charge on any atom is -0.355 e. The number of nitrogens with zero attached hydrogens (tertiary/aromatic N) is 4. The molecule has 2 amide bonds. The Labute approximate surface area is 218 Å². The van der Waals surface area contributed by atoms with Crippen LogP contribution >= 0.6 is 11.3 Å². The average molecular weight is 517 g/mol. The number of benzene rings is 1. The van der Waals surface area contributed by atoms with E-state index in [0.29, 0.717) is 39.8 Å². The molecule has 0 unspecified atom stereocenters. The lowest BCUT2D eigenvalue weighted by Crippen LogP contribution is -2.46. The molecular formula is C27H28N6O3S. The first-order valence-electron chi connectivity index (χ1n) is 12.1. The molecule has 190 valence electrons. The summed E-state index contributed by atoms with van der Waals surface area (Å²) in [4.78, 5) is 50.7. The van der Waals surface area contributed by atoms with Gasteiger partial charge in [-0.1, -0.05) is 0 Å². The minimum absolute atomic E-state index is 0.0220. The molecule has 3 aromatic heterocycles. The van der Waals surface area contributed by atoms with Crippen LogP contribution in [0.1, 0.15) is 52.1 Å². The van der Waals surface area contributed by atoms with Crippen LogP contribution in [0.4, 0.5) is 5.95 Å². The van der Waals surface area contributed by atoms with Crippen LogP contribution in [0.15, 0.2) is 53.6 Å². The molecule has 1 aliphatic heterocycles. The molecule has 1 aromatic carbocycles. The van der Waals surface area contributed by atoms with Crippen molar-refractivity contribution >= 4 is 39.2 Å². The van der Waals surface area contributed by atoms with E-state index >= 15 is 0 Å². The number of hydrogen-bond acceptors (Lipinski definition) is 7. The Hall–Kier alpha value is -4.05. The van der Waals surface area contributed by atoms with Gasteiger partial charge in [0.2, 0.25) is 5.95 Å². The fourth-order valence-electron chi connectivity index (χ4n) is 4.56. The SMILES string of the molecule is CNC(=O)c1ccc(-n2c(NC(C)C)nc3c(c2=O)C[C@@H](C)N(C(=O)c2cc4ccncc4s2)C3)cc1. The van der Waals surface area contributed by atoms with Gasteiger partial charge in [0.15, 0.2) is 0 Å². The molecule has 0 aliphatic carbocycles. The molecule has 0 radical (unpaired) electrons.